The molecule has 0 radical (unpaired) electrons. The summed E-state index contributed by atoms with van der Waals surface area (Å²) in [7, 11) is 1.43. The Kier molecular flexibility index (Phi) is 3.95. The van der Waals surface area contributed by atoms with Gasteiger partial charge in [-0.15, -0.1) is 0 Å². The van der Waals surface area contributed by atoms with Gasteiger partial charge in [-0.1, -0.05) is 19.3 Å². The fourth-order valence-corrected chi connectivity index (χ4v) is 4.69. The Labute approximate surface area is 126 Å². The van der Waals surface area contributed by atoms with Crippen LogP contribution in [0.25, 0.3) is 0 Å². The molecule has 3 N–H and O–H groups in total. The molecule has 2 saturated carbocycles. The number of carbonyl (C=O) groups is 1. The number of ether oxygens (including phenoxy) is 1. The third-order valence-electron chi connectivity index (χ3n) is 5.86. The van der Waals surface area contributed by atoms with E-state index in [9.17, 15) is 9.90 Å². The van der Waals surface area contributed by atoms with E-state index in [1.54, 1.807) is 0 Å². The zero-order chi connectivity index (χ0) is 15.0. The van der Waals surface area contributed by atoms with Gasteiger partial charge in [-0.2, -0.15) is 0 Å². The minimum absolute atomic E-state index is 0.0153. The number of carbonyl (C=O) groups excluding carboxylic acids is 1. The molecule has 1 heterocycles. The third kappa shape index (κ3) is 2.35. The van der Waals surface area contributed by atoms with E-state index in [4.69, 9.17) is 10.5 Å². The molecule has 0 aromatic heterocycles. The van der Waals surface area contributed by atoms with Crippen LogP contribution in [-0.2, 0) is 9.53 Å². The summed E-state index contributed by atoms with van der Waals surface area (Å²) in [5.74, 6) is 0.312. The summed E-state index contributed by atoms with van der Waals surface area (Å²) in [5.41, 5.74) is 5.14. The van der Waals surface area contributed by atoms with Crippen LogP contribution in [0.3, 0.4) is 0 Å². The van der Waals surface area contributed by atoms with E-state index in [-0.39, 0.29) is 29.8 Å². The molecule has 2 aliphatic carbocycles. The molecule has 0 aromatic rings. The minimum Gasteiger partial charge on any atom is -0.469 e. The Bertz CT molecular complexity index is 445. The van der Waals surface area contributed by atoms with E-state index in [1.165, 1.54) is 13.5 Å². The third-order valence-corrected chi connectivity index (χ3v) is 5.86. The van der Waals surface area contributed by atoms with Gasteiger partial charge in [0.15, 0.2) is 0 Å². The first kappa shape index (κ1) is 14.8. The van der Waals surface area contributed by atoms with Gasteiger partial charge in [0.25, 0.3) is 0 Å². The second-order valence-corrected chi connectivity index (χ2v) is 6.88. The summed E-state index contributed by atoms with van der Waals surface area (Å²) in [4.78, 5) is 16.4. The first-order chi connectivity index (χ1) is 10.1. The fraction of sp³-hybridized carbons (Fsp3) is 0.875. The van der Waals surface area contributed by atoms with Crippen LogP contribution in [0.15, 0.2) is 4.99 Å². The zero-order valence-electron chi connectivity index (χ0n) is 12.8. The highest BCUT2D eigenvalue weighted by Crippen LogP contribution is 2.48. The quantitative estimate of drug-likeness (QED) is 0.758. The van der Waals surface area contributed by atoms with Gasteiger partial charge in [0.05, 0.1) is 19.1 Å². The van der Waals surface area contributed by atoms with E-state index in [0.717, 1.165) is 38.5 Å². The highest BCUT2D eigenvalue weighted by Gasteiger charge is 2.56. The summed E-state index contributed by atoms with van der Waals surface area (Å²) in [6, 6.07) is 0.0813. The number of hydrogen-bond donors (Lipinski definition) is 2. The number of hydrogen-bond acceptors (Lipinski definition) is 5. The van der Waals surface area contributed by atoms with Crippen LogP contribution in [0.2, 0.25) is 0 Å². The van der Waals surface area contributed by atoms with Crippen LogP contribution >= 0.6 is 0 Å². The molecule has 5 nitrogen and oxygen atoms in total. The molecular formula is C16H26N2O3. The Morgan fingerprint density at radius 3 is 2.67 bits per heavy atom. The van der Waals surface area contributed by atoms with E-state index in [2.05, 4.69) is 4.99 Å². The molecular weight excluding hydrogens is 268 g/mol. The van der Waals surface area contributed by atoms with Crippen molar-refractivity contribution in [2.75, 3.05) is 7.11 Å². The van der Waals surface area contributed by atoms with Crippen molar-refractivity contribution in [1.29, 1.82) is 0 Å². The maximum Gasteiger partial charge on any atom is 0.308 e. The standard InChI is InChI=1S/C16H26N2O3/c1-21-14(19)10-7-8-13-12(9-10)16(20,15(17)18-13)11-5-3-2-4-6-11/h10-13,20H,2-9H2,1H3,(H2,17,18). The molecule has 0 amide bonds. The van der Waals surface area contributed by atoms with Crippen molar-refractivity contribution in [3.05, 3.63) is 0 Å². The number of amidine groups is 1. The lowest BCUT2D eigenvalue weighted by Crippen LogP contribution is -2.55. The number of fused-ring (bicyclic) bond motifs is 1. The predicted octanol–water partition coefficient (Wildman–Crippen LogP) is 1.63. The van der Waals surface area contributed by atoms with Crippen molar-refractivity contribution in [2.24, 2.45) is 28.5 Å². The second kappa shape index (κ2) is 5.59. The van der Waals surface area contributed by atoms with Crippen molar-refractivity contribution >= 4 is 11.8 Å². The van der Waals surface area contributed by atoms with Crippen LogP contribution < -0.4 is 5.73 Å². The molecule has 0 bridgehead atoms. The number of esters is 1. The van der Waals surface area contributed by atoms with Crippen LogP contribution in [0.4, 0.5) is 0 Å². The Morgan fingerprint density at radius 2 is 2.00 bits per heavy atom. The molecule has 21 heavy (non-hydrogen) atoms. The molecule has 1 aliphatic heterocycles. The largest absolute Gasteiger partial charge is 0.469 e. The van der Waals surface area contributed by atoms with E-state index in [0.29, 0.717) is 12.3 Å². The average Bonchev–Trinajstić information content (AvgIpc) is 2.79. The van der Waals surface area contributed by atoms with Gasteiger partial charge in [-0.3, -0.25) is 9.79 Å². The molecule has 118 valence electrons. The Balaban J connectivity index is 1.82. The number of rotatable bonds is 2. The van der Waals surface area contributed by atoms with Gasteiger partial charge in [-0.25, -0.2) is 0 Å². The number of aliphatic imine (C=N–C) groups is 1. The first-order valence-corrected chi connectivity index (χ1v) is 8.21. The lowest BCUT2D eigenvalue weighted by atomic mass is 9.64. The Hall–Kier alpha value is -1.10. The van der Waals surface area contributed by atoms with Crippen LogP contribution in [0.5, 0.6) is 0 Å². The maximum absolute atomic E-state index is 11.9. The zero-order valence-corrected chi connectivity index (χ0v) is 12.8. The summed E-state index contributed by atoms with van der Waals surface area (Å²) < 4.78 is 4.89. The van der Waals surface area contributed by atoms with Gasteiger partial charge in [0.1, 0.15) is 11.4 Å². The first-order valence-electron chi connectivity index (χ1n) is 8.21. The molecule has 3 aliphatic rings. The molecule has 4 unspecified atom stereocenters. The number of aliphatic hydroxyl groups is 1. The van der Waals surface area contributed by atoms with Crippen molar-refractivity contribution < 1.29 is 14.6 Å². The molecule has 4 atom stereocenters. The van der Waals surface area contributed by atoms with Gasteiger partial charge in [0, 0.05) is 5.92 Å². The molecule has 5 heteroatoms. The topological polar surface area (TPSA) is 84.9 Å². The van der Waals surface area contributed by atoms with E-state index < -0.39 is 5.60 Å². The average molecular weight is 294 g/mol. The monoisotopic (exact) mass is 294 g/mol. The normalized spacial score (nSPS) is 40.5. The van der Waals surface area contributed by atoms with Gasteiger partial charge < -0.3 is 15.6 Å². The van der Waals surface area contributed by atoms with E-state index in [1.807, 2.05) is 0 Å². The lowest BCUT2D eigenvalue weighted by Gasteiger charge is -2.43. The van der Waals surface area contributed by atoms with Gasteiger partial charge >= 0.3 is 5.97 Å². The van der Waals surface area contributed by atoms with Gasteiger partial charge in [-0.05, 0) is 38.0 Å². The van der Waals surface area contributed by atoms with Crippen LogP contribution in [0.1, 0.15) is 51.4 Å². The highest BCUT2D eigenvalue weighted by molar-refractivity contribution is 5.92. The second-order valence-electron chi connectivity index (χ2n) is 6.88. The van der Waals surface area contributed by atoms with Crippen molar-refractivity contribution in [3.63, 3.8) is 0 Å². The maximum atomic E-state index is 11.9. The van der Waals surface area contributed by atoms with Crippen LogP contribution in [-0.4, -0.2) is 35.7 Å². The summed E-state index contributed by atoms with van der Waals surface area (Å²) in [6.45, 7) is 0. The SMILES string of the molecule is COC(=O)C1CCC2N=C(N)C(O)(C3CCCCC3)C2C1. The smallest absolute Gasteiger partial charge is 0.308 e. The fourth-order valence-electron chi connectivity index (χ4n) is 4.69. The molecule has 0 saturated heterocycles. The van der Waals surface area contributed by atoms with Crippen molar-refractivity contribution in [2.45, 2.75) is 63.0 Å². The summed E-state index contributed by atoms with van der Waals surface area (Å²) >= 11 is 0. The lowest BCUT2D eigenvalue weighted by molar-refractivity contribution is -0.148. The van der Waals surface area contributed by atoms with Crippen molar-refractivity contribution in [3.8, 4) is 0 Å². The van der Waals surface area contributed by atoms with E-state index >= 15 is 0 Å². The summed E-state index contributed by atoms with van der Waals surface area (Å²) in [5, 5.41) is 11.3. The predicted molar refractivity (Wildman–Crippen MR) is 79.8 cm³/mol. The molecule has 2 fully saturated rings. The van der Waals surface area contributed by atoms with Crippen molar-refractivity contribution in [1.82, 2.24) is 0 Å². The van der Waals surface area contributed by atoms with Gasteiger partial charge in [0.2, 0.25) is 0 Å². The molecule has 0 aromatic carbocycles. The molecule has 3 rings (SSSR count). The number of methoxy groups -OCH3 is 1. The highest BCUT2D eigenvalue weighted by atomic mass is 16.5. The molecule has 0 spiro atoms. The number of nitrogens with zero attached hydrogens (tertiary/aromatic N) is 1. The summed E-state index contributed by atoms with van der Waals surface area (Å²) in [6.07, 6.45) is 7.82. The van der Waals surface area contributed by atoms with Crippen LogP contribution in [0, 0.1) is 17.8 Å². The number of nitrogens with two attached hydrogens (primary N) is 1. The Morgan fingerprint density at radius 1 is 1.29 bits per heavy atom. The minimum atomic E-state index is -1.00.